The highest BCUT2D eigenvalue weighted by molar-refractivity contribution is 7.14. The lowest BCUT2D eigenvalue weighted by molar-refractivity contribution is -0.126. The number of amides is 3. The van der Waals surface area contributed by atoms with Gasteiger partial charge >= 0.3 is 0 Å². The Morgan fingerprint density at radius 3 is 2.64 bits per heavy atom. The molecular weight excluding hydrogens is 374 g/mol. The lowest BCUT2D eigenvalue weighted by atomic mass is 9.87. The van der Waals surface area contributed by atoms with Gasteiger partial charge in [-0.05, 0) is 42.4 Å². The number of aryl methyl sites for hydroxylation is 1. The molecule has 1 heterocycles. The molecule has 1 aromatic carbocycles. The molecule has 28 heavy (non-hydrogen) atoms. The fraction of sp³-hybridized carbons (Fsp3) is 0.381. The van der Waals surface area contributed by atoms with Crippen LogP contribution in [-0.4, -0.2) is 24.3 Å². The molecule has 148 valence electrons. The Kier molecular flexibility index (Phi) is 6.81. The van der Waals surface area contributed by atoms with Crippen LogP contribution in [0, 0.1) is 5.92 Å². The zero-order chi connectivity index (χ0) is 19.9. The molecule has 7 heteroatoms. The van der Waals surface area contributed by atoms with E-state index in [1.807, 2.05) is 36.4 Å². The van der Waals surface area contributed by atoms with Crippen LogP contribution in [0.15, 0.2) is 36.4 Å². The van der Waals surface area contributed by atoms with Crippen molar-refractivity contribution in [3.8, 4) is 0 Å². The topological polar surface area (TPSA) is 87.3 Å². The van der Waals surface area contributed by atoms with Crippen LogP contribution in [0.5, 0.6) is 0 Å². The Hall–Kier alpha value is -2.67. The van der Waals surface area contributed by atoms with E-state index in [9.17, 15) is 14.4 Å². The number of carbonyl (C=O) groups is 3. The Labute approximate surface area is 168 Å². The molecular formula is C21H25N3O3S. The smallest absolute Gasteiger partial charge is 0.279 e. The van der Waals surface area contributed by atoms with Crippen molar-refractivity contribution in [1.82, 2.24) is 16.2 Å². The summed E-state index contributed by atoms with van der Waals surface area (Å²) in [5.41, 5.74) is 6.91. The maximum Gasteiger partial charge on any atom is 0.279 e. The average Bonchev–Trinajstić information content (AvgIpc) is 3.14. The zero-order valence-corrected chi connectivity index (χ0v) is 16.7. The largest absolute Gasteiger partial charge is 0.347 e. The molecule has 0 saturated carbocycles. The highest BCUT2D eigenvalue weighted by Crippen LogP contribution is 2.33. The molecule has 2 aromatic rings. The number of rotatable bonds is 6. The molecule has 1 aromatic heterocycles. The van der Waals surface area contributed by atoms with Crippen molar-refractivity contribution < 1.29 is 14.4 Å². The van der Waals surface area contributed by atoms with Crippen LogP contribution in [-0.2, 0) is 28.9 Å². The second kappa shape index (κ2) is 9.50. The van der Waals surface area contributed by atoms with Crippen LogP contribution in [0.2, 0.25) is 0 Å². The molecule has 3 N–H and O–H groups in total. The van der Waals surface area contributed by atoms with E-state index in [4.69, 9.17) is 0 Å². The van der Waals surface area contributed by atoms with Gasteiger partial charge in [0.2, 0.25) is 5.91 Å². The van der Waals surface area contributed by atoms with Crippen LogP contribution >= 0.6 is 11.3 Å². The minimum atomic E-state index is -0.470. The third-order valence-electron chi connectivity index (χ3n) is 4.96. The first-order valence-corrected chi connectivity index (χ1v) is 10.4. The SMILES string of the molecule is CC[C@@H]1CCc2sc(C(=O)NNC(=O)CNC(=O)Cc3ccccc3)cc2C1. The van der Waals surface area contributed by atoms with Gasteiger partial charge in [-0.25, -0.2) is 0 Å². The molecule has 0 saturated heterocycles. The van der Waals surface area contributed by atoms with Crippen molar-refractivity contribution in [2.75, 3.05) is 6.54 Å². The summed E-state index contributed by atoms with van der Waals surface area (Å²) in [6.07, 6.45) is 4.58. The van der Waals surface area contributed by atoms with E-state index < -0.39 is 5.91 Å². The zero-order valence-electron chi connectivity index (χ0n) is 15.9. The predicted octanol–water partition coefficient (Wildman–Crippen LogP) is 2.38. The molecule has 1 aliphatic carbocycles. The monoisotopic (exact) mass is 399 g/mol. The summed E-state index contributed by atoms with van der Waals surface area (Å²) in [5, 5.41) is 2.55. The van der Waals surface area contributed by atoms with E-state index in [-0.39, 0.29) is 24.8 Å². The molecule has 0 aliphatic heterocycles. The highest BCUT2D eigenvalue weighted by atomic mass is 32.1. The second-order valence-corrected chi connectivity index (χ2v) is 8.15. The summed E-state index contributed by atoms with van der Waals surface area (Å²) in [6.45, 7) is 2.01. The molecule has 0 unspecified atom stereocenters. The lowest BCUT2D eigenvalue weighted by Gasteiger charge is -2.19. The van der Waals surface area contributed by atoms with Crippen LogP contribution < -0.4 is 16.2 Å². The number of benzene rings is 1. The van der Waals surface area contributed by atoms with E-state index in [0.29, 0.717) is 10.8 Å². The number of nitrogens with one attached hydrogen (secondary N) is 3. The van der Waals surface area contributed by atoms with Crippen molar-refractivity contribution in [2.45, 2.75) is 39.0 Å². The quantitative estimate of drug-likeness (QED) is 0.652. The average molecular weight is 400 g/mol. The van der Waals surface area contributed by atoms with E-state index in [2.05, 4.69) is 23.1 Å². The van der Waals surface area contributed by atoms with Crippen molar-refractivity contribution in [3.63, 3.8) is 0 Å². The summed E-state index contributed by atoms with van der Waals surface area (Å²) >= 11 is 1.49. The fourth-order valence-electron chi connectivity index (χ4n) is 3.31. The number of hydrazine groups is 1. The fourth-order valence-corrected chi connectivity index (χ4v) is 4.42. The maximum atomic E-state index is 12.3. The molecule has 0 fully saturated rings. The first kappa shape index (κ1) is 20.1. The van der Waals surface area contributed by atoms with Crippen LogP contribution in [0.4, 0.5) is 0 Å². The number of carbonyl (C=O) groups excluding carboxylic acids is 3. The van der Waals surface area contributed by atoms with Gasteiger partial charge in [-0.3, -0.25) is 25.2 Å². The van der Waals surface area contributed by atoms with Gasteiger partial charge in [-0.1, -0.05) is 43.7 Å². The minimum absolute atomic E-state index is 0.189. The van der Waals surface area contributed by atoms with Gasteiger partial charge in [0.05, 0.1) is 17.8 Å². The van der Waals surface area contributed by atoms with E-state index >= 15 is 0 Å². The predicted molar refractivity (Wildman–Crippen MR) is 109 cm³/mol. The summed E-state index contributed by atoms with van der Waals surface area (Å²) < 4.78 is 0. The van der Waals surface area contributed by atoms with Crippen molar-refractivity contribution >= 4 is 29.1 Å². The van der Waals surface area contributed by atoms with Gasteiger partial charge in [-0.2, -0.15) is 0 Å². The summed E-state index contributed by atoms with van der Waals surface area (Å²) in [6, 6.07) is 11.2. The first-order valence-electron chi connectivity index (χ1n) is 9.56. The number of thiophene rings is 1. The number of hydrogen-bond acceptors (Lipinski definition) is 4. The molecule has 1 atom stereocenters. The number of hydrogen-bond donors (Lipinski definition) is 3. The Morgan fingerprint density at radius 2 is 1.89 bits per heavy atom. The van der Waals surface area contributed by atoms with Gasteiger partial charge in [0.15, 0.2) is 0 Å². The van der Waals surface area contributed by atoms with Gasteiger partial charge < -0.3 is 5.32 Å². The van der Waals surface area contributed by atoms with Gasteiger partial charge in [0.1, 0.15) is 0 Å². The number of fused-ring (bicyclic) bond motifs is 1. The van der Waals surface area contributed by atoms with E-state index in [1.54, 1.807) is 0 Å². The van der Waals surface area contributed by atoms with Crippen LogP contribution in [0.3, 0.4) is 0 Å². The molecule has 0 radical (unpaired) electrons. The van der Waals surface area contributed by atoms with Crippen LogP contribution in [0.1, 0.15) is 45.4 Å². The molecule has 6 nitrogen and oxygen atoms in total. The van der Waals surface area contributed by atoms with E-state index in [0.717, 1.165) is 24.8 Å². The van der Waals surface area contributed by atoms with Crippen LogP contribution in [0.25, 0.3) is 0 Å². The third kappa shape index (κ3) is 5.42. The normalized spacial score (nSPS) is 15.4. The standard InChI is InChI=1S/C21H25N3O3S/c1-2-14-8-9-17-16(10-14)12-18(28-17)21(27)24-23-20(26)13-22-19(25)11-15-6-4-3-5-7-15/h3-7,12,14H,2,8-11,13H2,1H3,(H,22,25)(H,23,26)(H,24,27)/t14-/m1/s1. The first-order chi connectivity index (χ1) is 13.5. The van der Waals surface area contributed by atoms with E-state index in [1.165, 1.54) is 28.2 Å². The summed E-state index contributed by atoms with van der Waals surface area (Å²) in [4.78, 5) is 37.9. The van der Waals surface area contributed by atoms with Gasteiger partial charge in [0.25, 0.3) is 11.8 Å². The van der Waals surface area contributed by atoms with Crippen molar-refractivity contribution in [2.24, 2.45) is 5.92 Å². The Morgan fingerprint density at radius 1 is 1.11 bits per heavy atom. The van der Waals surface area contributed by atoms with Crippen molar-refractivity contribution in [3.05, 3.63) is 57.3 Å². The second-order valence-electron chi connectivity index (χ2n) is 7.02. The lowest BCUT2D eigenvalue weighted by Crippen LogP contribution is -2.46. The van der Waals surface area contributed by atoms with Crippen molar-refractivity contribution in [1.29, 1.82) is 0 Å². The molecule has 3 rings (SSSR count). The Bertz CT molecular complexity index is 848. The third-order valence-corrected chi connectivity index (χ3v) is 6.19. The van der Waals surface area contributed by atoms with Gasteiger partial charge in [-0.15, -0.1) is 11.3 Å². The Balaban J connectivity index is 1.41. The molecule has 0 bridgehead atoms. The molecule has 1 aliphatic rings. The highest BCUT2D eigenvalue weighted by Gasteiger charge is 2.22. The maximum absolute atomic E-state index is 12.3. The molecule has 0 spiro atoms. The van der Waals surface area contributed by atoms with Gasteiger partial charge in [0, 0.05) is 4.88 Å². The minimum Gasteiger partial charge on any atom is -0.347 e. The summed E-state index contributed by atoms with van der Waals surface area (Å²) in [5.74, 6) is -0.347. The summed E-state index contributed by atoms with van der Waals surface area (Å²) in [7, 11) is 0. The molecule has 3 amide bonds.